The molecule has 5 N–H and O–H groups in total. The van der Waals surface area contributed by atoms with Crippen LogP contribution >= 0.6 is 0 Å². The highest BCUT2D eigenvalue weighted by Gasteiger charge is 2.17. The molecule has 1 amide bonds. The van der Waals surface area contributed by atoms with Crippen molar-refractivity contribution in [3.63, 3.8) is 0 Å². The van der Waals surface area contributed by atoms with Gasteiger partial charge in [-0.05, 0) is 24.3 Å². The van der Waals surface area contributed by atoms with Crippen LogP contribution in [0.3, 0.4) is 0 Å². The predicted octanol–water partition coefficient (Wildman–Crippen LogP) is 0.125. The van der Waals surface area contributed by atoms with E-state index in [1.165, 1.54) is 24.3 Å². The van der Waals surface area contributed by atoms with E-state index in [0.717, 1.165) is 0 Å². The molecule has 7 nitrogen and oxygen atoms in total. The van der Waals surface area contributed by atoms with Gasteiger partial charge in [0, 0.05) is 5.69 Å². The van der Waals surface area contributed by atoms with Crippen molar-refractivity contribution in [3.8, 4) is 0 Å². The first-order chi connectivity index (χ1) is 8.40. The highest BCUT2D eigenvalue weighted by Crippen LogP contribution is 2.10. The lowest BCUT2D eigenvalue weighted by atomic mass is 10.2. The molecule has 0 fully saturated rings. The van der Waals surface area contributed by atoms with E-state index in [1.54, 1.807) is 0 Å². The number of carbonyl (C=O) groups is 3. The van der Waals surface area contributed by atoms with Gasteiger partial charge in [-0.2, -0.15) is 0 Å². The van der Waals surface area contributed by atoms with Crippen LogP contribution < -0.4 is 11.1 Å². The number of nitrogens with one attached hydrogen (secondary N) is 1. The van der Waals surface area contributed by atoms with Crippen LogP contribution in [0.15, 0.2) is 24.3 Å². The zero-order valence-corrected chi connectivity index (χ0v) is 9.29. The second kappa shape index (κ2) is 5.78. The summed E-state index contributed by atoms with van der Waals surface area (Å²) in [6.07, 6.45) is -0.473. The number of carbonyl (C=O) groups excluding carboxylic acids is 1. The number of amides is 1. The van der Waals surface area contributed by atoms with E-state index in [1.807, 2.05) is 0 Å². The molecule has 18 heavy (non-hydrogen) atoms. The lowest BCUT2D eigenvalue weighted by molar-refractivity contribution is -0.138. The molecular weight excluding hydrogens is 240 g/mol. The summed E-state index contributed by atoms with van der Waals surface area (Å²) in [6.45, 7) is 0. The number of hydrogen-bond donors (Lipinski definition) is 4. The predicted molar refractivity (Wildman–Crippen MR) is 62.3 cm³/mol. The fraction of sp³-hybridized carbons (Fsp3) is 0.182. The lowest BCUT2D eigenvalue weighted by Gasteiger charge is -2.10. The first-order valence-electron chi connectivity index (χ1n) is 5.01. The summed E-state index contributed by atoms with van der Waals surface area (Å²) >= 11 is 0. The van der Waals surface area contributed by atoms with Gasteiger partial charge in [-0.3, -0.25) is 9.59 Å². The molecule has 1 rings (SSSR count). The SMILES string of the molecule is NC(CC(=O)O)C(=O)Nc1ccc(C(=O)O)cc1. The molecule has 1 aromatic rings. The monoisotopic (exact) mass is 252 g/mol. The number of aliphatic carboxylic acids is 1. The Morgan fingerprint density at radius 2 is 1.72 bits per heavy atom. The quantitative estimate of drug-likeness (QED) is 0.589. The Morgan fingerprint density at radius 3 is 2.17 bits per heavy atom. The second-order valence-electron chi connectivity index (χ2n) is 3.58. The fourth-order valence-corrected chi connectivity index (χ4v) is 1.21. The zero-order chi connectivity index (χ0) is 13.7. The van der Waals surface area contributed by atoms with Crippen molar-refractivity contribution in [1.29, 1.82) is 0 Å². The molecule has 0 saturated carbocycles. The van der Waals surface area contributed by atoms with Gasteiger partial charge in [0.05, 0.1) is 18.0 Å². The number of rotatable bonds is 5. The van der Waals surface area contributed by atoms with Crippen molar-refractivity contribution in [2.75, 3.05) is 5.32 Å². The number of hydrogen-bond acceptors (Lipinski definition) is 4. The van der Waals surface area contributed by atoms with E-state index in [-0.39, 0.29) is 5.56 Å². The smallest absolute Gasteiger partial charge is 0.335 e. The lowest BCUT2D eigenvalue weighted by Crippen LogP contribution is -2.37. The summed E-state index contributed by atoms with van der Waals surface area (Å²) in [6, 6.07) is 4.28. The van der Waals surface area contributed by atoms with Crippen molar-refractivity contribution in [1.82, 2.24) is 0 Å². The van der Waals surface area contributed by atoms with E-state index in [9.17, 15) is 14.4 Å². The molecule has 1 unspecified atom stereocenters. The number of carboxylic acids is 2. The zero-order valence-electron chi connectivity index (χ0n) is 9.29. The average Bonchev–Trinajstić information content (AvgIpc) is 2.28. The molecule has 0 aromatic heterocycles. The standard InChI is InChI=1S/C11H12N2O5/c12-8(5-9(14)15)10(16)13-7-3-1-6(2-4-7)11(17)18/h1-4,8H,5,12H2,(H,13,16)(H,14,15)(H,17,18). The molecule has 0 aliphatic heterocycles. The minimum atomic E-state index is -1.17. The maximum Gasteiger partial charge on any atom is 0.335 e. The number of anilines is 1. The molecule has 0 aliphatic rings. The number of carboxylic acid groups (broad SMARTS) is 2. The van der Waals surface area contributed by atoms with Crippen molar-refractivity contribution in [3.05, 3.63) is 29.8 Å². The third kappa shape index (κ3) is 3.87. The summed E-state index contributed by atoms with van der Waals surface area (Å²) < 4.78 is 0. The normalized spacial score (nSPS) is 11.6. The first-order valence-corrected chi connectivity index (χ1v) is 5.01. The Labute approximate surface area is 102 Å². The van der Waals surface area contributed by atoms with Crippen LogP contribution in [-0.4, -0.2) is 34.1 Å². The maximum absolute atomic E-state index is 11.5. The van der Waals surface area contributed by atoms with Crippen LogP contribution in [-0.2, 0) is 9.59 Å². The minimum absolute atomic E-state index is 0.0860. The maximum atomic E-state index is 11.5. The van der Waals surface area contributed by atoms with E-state index < -0.39 is 30.3 Å². The van der Waals surface area contributed by atoms with Gasteiger partial charge in [0.2, 0.25) is 5.91 Å². The number of aromatic carboxylic acids is 1. The van der Waals surface area contributed by atoms with Crippen molar-refractivity contribution in [2.24, 2.45) is 5.73 Å². The molecule has 7 heteroatoms. The average molecular weight is 252 g/mol. The Hall–Kier alpha value is -2.41. The van der Waals surface area contributed by atoms with Crippen LogP contribution in [0.1, 0.15) is 16.8 Å². The molecular formula is C11H12N2O5. The largest absolute Gasteiger partial charge is 0.481 e. The molecule has 1 atom stereocenters. The molecule has 0 heterocycles. The molecule has 1 aromatic carbocycles. The van der Waals surface area contributed by atoms with E-state index in [2.05, 4.69) is 5.32 Å². The van der Waals surface area contributed by atoms with Crippen molar-refractivity contribution < 1.29 is 24.6 Å². The second-order valence-corrected chi connectivity index (χ2v) is 3.58. The number of benzene rings is 1. The Bertz CT molecular complexity index is 469. The van der Waals surface area contributed by atoms with Gasteiger partial charge in [-0.1, -0.05) is 0 Å². The van der Waals surface area contributed by atoms with E-state index in [0.29, 0.717) is 5.69 Å². The third-order valence-electron chi connectivity index (χ3n) is 2.13. The number of nitrogens with two attached hydrogens (primary N) is 1. The van der Waals surface area contributed by atoms with E-state index >= 15 is 0 Å². The fourth-order valence-electron chi connectivity index (χ4n) is 1.21. The van der Waals surface area contributed by atoms with Gasteiger partial charge < -0.3 is 21.3 Å². The molecule has 0 aliphatic carbocycles. The molecule has 0 saturated heterocycles. The topological polar surface area (TPSA) is 130 Å². The Kier molecular flexibility index (Phi) is 4.39. The van der Waals surface area contributed by atoms with E-state index in [4.69, 9.17) is 15.9 Å². The summed E-state index contributed by atoms with van der Waals surface area (Å²) in [5.41, 5.74) is 5.80. The molecule has 96 valence electrons. The van der Waals surface area contributed by atoms with Gasteiger partial charge in [0.1, 0.15) is 0 Å². The van der Waals surface area contributed by atoms with Crippen LogP contribution in [0.5, 0.6) is 0 Å². The molecule has 0 radical (unpaired) electrons. The van der Waals surface area contributed by atoms with Gasteiger partial charge in [-0.15, -0.1) is 0 Å². The van der Waals surface area contributed by atoms with Crippen LogP contribution in [0.4, 0.5) is 5.69 Å². The van der Waals surface area contributed by atoms with Crippen molar-refractivity contribution >= 4 is 23.5 Å². The van der Waals surface area contributed by atoms with Crippen LogP contribution in [0, 0.1) is 0 Å². The molecule has 0 spiro atoms. The van der Waals surface area contributed by atoms with Gasteiger partial charge in [-0.25, -0.2) is 4.79 Å². The van der Waals surface area contributed by atoms with Gasteiger partial charge in [0.25, 0.3) is 0 Å². The summed E-state index contributed by atoms with van der Waals surface area (Å²) in [5.74, 6) is -2.88. The molecule has 0 bridgehead atoms. The summed E-state index contributed by atoms with van der Waals surface area (Å²) in [7, 11) is 0. The highest BCUT2D eigenvalue weighted by atomic mass is 16.4. The van der Waals surface area contributed by atoms with Gasteiger partial charge in [0.15, 0.2) is 0 Å². The summed E-state index contributed by atoms with van der Waals surface area (Å²) in [4.78, 5) is 32.4. The van der Waals surface area contributed by atoms with Crippen LogP contribution in [0.25, 0.3) is 0 Å². The minimum Gasteiger partial charge on any atom is -0.481 e. The first kappa shape index (κ1) is 13.7. The Morgan fingerprint density at radius 1 is 1.17 bits per heavy atom. The summed E-state index contributed by atoms with van der Waals surface area (Å²) in [5, 5.41) is 19.5. The Balaban J connectivity index is 2.64. The van der Waals surface area contributed by atoms with Gasteiger partial charge >= 0.3 is 11.9 Å². The highest BCUT2D eigenvalue weighted by molar-refractivity contribution is 5.97. The van der Waals surface area contributed by atoms with Crippen molar-refractivity contribution in [2.45, 2.75) is 12.5 Å². The third-order valence-corrected chi connectivity index (χ3v) is 2.13. The van der Waals surface area contributed by atoms with Crippen LogP contribution in [0.2, 0.25) is 0 Å².